The molecule has 0 saturated carbocycles. The van der Waals surface area contributed by atoms with Crippen molar-refractivity contribution in [3.8, 4) is 0 Å². The third-order valence-electron chi connectivity index (χ3n) is 3.97. The van der Waals surface area contributed by atoms with Crippen molar-refractivity contribution in [2.24, 2.45) is 0 Å². The van der Waals surface area contributed by atoms with Gasteiger partial charge in [0.2, 0.25) is 0 Å². The minimum Gasteiger partial charge on any atom is -0.478 e. The van der Waals surface area contributed by atoms with Crippen molar-refractivity contribution < 1.29 is 14.6 Å². The highest BCUT2D eigenvalue weighted by Crippen LogP contribution is 2.33. The molecule has 0 spiro atoms. The number of ether oxygens (including phenoxy) is 1. The molecule has 0 amide bonds. The summed E-state index contributed by atoms with van der Waals surface area (Å²) in [7, 11) is 0. The summed E-state index contributed by atoms with van der Waals surface area (Å²) in [6.45, 7) is 3.50. The average Bonchev–Trinajstić information content (AvgIpc) is 3.01. The predicted molar refractivity (Wildman–Crippen MR) is 86.4 cm³/mol. The van der Waals surface area contributed by atoms with E-state index in [4.69, 9.17) is 9.84 Å². The summed E-state index contributed by atoms with van der Waals surface area (Å²) in [5.41, 5.74) is 2.57. The van der Waals surface area contributed by atoms with E-state index in [1.165, 1.54) is 10.4 Å². The molecule has 2 heterocycles. The van der Waals surface area contributed by atoms with Crippen molar-refractivity contribution >= 4 is 17.3 Å². The second-order valence-corrected chi connectivity index (χ2v) is 6.52. The van der Waals surface area contributed by atoms with Gasteiger partial charge in [-0.25, -0.2) is 4.79 Å². The van der Waals surface area contributed by atoms with Crippen molar-refractivity contribution in [1.29, 1.82) is 0 Å². The maximum Gasteiger partial charge on any atom is 0.335 e. The summed E-state index contributed by atoms with van der Waals surface area (Å²) >= 11 is 1.79. The Morgan fingerprint density at radius 3 is 3.18 bits per heavy atom. The standard InChI is InChI=1S/C17H19NO3S/c1-11(16-14-6-8-22-15(14)5-7-21-16)18-10-12-3-2-4-13(9-12)17(19)20/h2-4,6,8-9,11,16,18H,5,7,10H2,1H3,(H,19,20). The molecule has 22 heavy (non-hydrogen) atoms. The fourth-order valence-corrected chi connectivity index (χ4v) is 3.69. The monoisotopic (exact) mass is 317 g/mol. The average molecular weight is 317 g/mol. The number of carbonyl (C=O) groups is 1. The number of carboxylic acid groups (broad SMARTS) is 1. The highest BCUT2D eigenvalue weighted by Gasteiger charge is 2.26. The SMILES string of the molecule is CC(NCc1cccc(C(=O)O)c1)C1OCCc2sccc21. The molecule has 0 aliphatic carbocycles. The maximum atomic E-state index is 11.0. The van der Waals surface area contributed by atoms with Crippen LogP contribution in [-0.2, 0) is 17.7 Å². The highest BCUT2D eigenvalue weighted by atomic mass is 32.1. The molecular formula is C17H19NO3S. The zero-order chi connectivity index (χ0) is 15.5. The van der Waals surface area contributed by atoms with Crippen LogP contribution in [-0.4, -0.2) is 23.7 Å². The van der Waals surface area contributed by atoms with Crippen LogP contribution in [0.1, 0.15) is 39.4 Å². The van der Waals surface area contributed by atoms with Crippen LogP contribution in [0.2, 0.25) is 0 Å². The van der Waals surface area contributed by atoms with Crippen LogP contribution in [0, 0.1) is 0 Å². The van der Waals surface area contributed by atoms with E-state index in [1.54, 1.807) is 29.5 Å². The van der Waals surface area contributed by atoms with E-state index in [0.29, 0.717) is 12.1 Å². The molecule has 1 aliphatic rings. The highest BCUT2D eigenvalue weighted by molar-refractivity contribution is 7.10. The molecule has 3 rings (SSSR count). The van der Waals surface area contributed by atoms with Crippen LogP contribution >= 0.6 is 11.3 Å². The first-order valence-corrected chi connectivity index (χ1v) is 8.26. The number of nitrogens with one attached hydrogen (secondary N) is 1. The van der Waals surface area contributed by atoms with Crippen LogP contribution in [0.4, 0.5) is 0 Å². The van der Waals surface area contributed by atoms with Crippen LogP contribution in [0.15, 0.2) is 35.7 Å². The molecule has 116 valence electrons. The van der Waals surface area contributed by atoms with Crippen LogP contribution in [0.25, 0.3) is 0 Å². The zero-order valence-corrected chi connectivity index (χ0v) is 13.2. The first-order chi connectivity index (χ1) is 10.6. The second-order valence-electron chi connectivity index (χ2n) is 5.52. The molecule has 4 nitrogen and oxygen atoms in total. The van der Waals surface area contributed by atoms with Crippen LogP contribution in [0.5, 0.6) is 0 Å². The van der Waals surface area contributed by atoms with Gasteiger partial charge in [0.1, 0.15) is 0 Å². The van der Waals surface area contributed by atoms with Gasteiger partial charge in [0, 0.05) is 23.9 Å². The Morgan fingerprint density at radius 2 is 2.36 bits per heavy atom. The van der Waals surface area contributed by atoms with Crippen LogP contribution < -0.4 is 5.32 Å². The van der Waals surface area contributed by atoms with Gasteiger partial charge in [0.05, 0.1) is 18.3 Å². The number of aromatic carboxylic acids is 1. The Bertz CT molecular complexity index is 667. The molecule has 0 bridgehead atoms. The molecule has 0 saturated heterocycles. The quantitative estimate of drug-likeness (QED) is 0.889. The molecule has 2 atom stereocenters. The van der Waals surface area contributed by atoms with E-state index in [0.717, 1.165) is 18.6 Å². The third kappa shape index (κ3) is 3.21. The summed E-state index contributed by atoms with van der Waals surface area (Å²) in [5, 5.41) is 14.6. The lowest BCUT2D eigenvalue weighted by molar-refractivity contribution is 0.0204. The predicted octanol–water partition coefficient (Wildman–Crippen LogP) is 3.24. The van der Waals surface area contributed by atoms with Crippen molar-refractivity contribution in [3.63, 3.8) is 0 Å². The Hall–Kier alpha value is -1.69. The lowest BCUT2D eigenvalue weighted by Crippen LogP contribution is -2.35. The fourth-order valence-electron chi connectivity index (χ4n) is 2.79. The Kier molecular flexibility index (Phi) is 4.57. The molecule has 1 aromatic heterocycles. The largest absolute Gasteiger partial charge is 0.478 e. The van der Waals surface area contributed by atoms with Gasteiger partial charge in [-0.05, 0) is 41.6 Å². The van der Waals surface area contributed by atoms with Gasteiger partial charge in [-0.1, -0.05) is 12.1 Å². The summed E-state index contributed by atoms with van der Waals surface area (Å²) in [6.07, 6.45) is 1.06. The normalized spacial score (nSPS) is 18.7. The summed E-state index contributed by atoms with van der Waals surface area (Å²) in [6, 6.07) is 9.34. The van der Waals surface area contributed by atoms with E-state index >= 15 is 0 Å². The van der Waals surface area contributed by atoms with Gasteiger partial charge in [0.15, 0.2) is 0 Å². The molecule has 2 unspecified atom stereocenters. The molecule has 0 radical (unpaired) electrons. The summed E-state index contributed by atoms with van der Waals surface area (Å²) < 4.78 is 5.92. The number of benzene rings is 1. The van der Waals surface area contributed by atoms with Crippen molar-refractivity contribution in [3.05, 3.63) is 57.3 Å². The lowest BCUT2D eigenvalue weighted by Gasteiger charge is -2.29. The smallest absolute Gasteiger partial charge is 0.335 e. The summed E-state index contributed by atoms with van der Waals surface area (Å²) in [4.78, 5) is 12.4. The van der Waals surface area contributed by atoms with Crippen molar-refractivity contribution in [1.82, 2.24) is 5.32 Å². The first-order valence-electron chi connectivity index (χ1n) is 7.38. The molecule has 1 aromatic carbocycles. The van der Waals surface area contributed by atoms with Gasteiger partial charge in [0.25, 0.3) is 0 Å². The third-order valence-corrected chi connectivity index (χ3v) is 4.97. The van der Waals surface area contributed by atoms with Gasteiger partial charge < -0.3 is 15.2 Å². The minimum atomic E-state index is -0.895. The molecular weight excluding hydrogens is 298 g/mol. The molecule has 5 heteroatoms. The number of hydrogen-bond acceptors (Lipinski definition) is 4. The fraction of sp³-hybridized carbons (Fsp3) is 0.353. The Balaban J connectivity index is 1.65. The van der Waals surface area contributed by atoms with E-state index in [9.17, 15) is 4.79 Å². The number of carboxylic acids is 1. The number of rotatable bonds is 5. The second kappa shape index (κ2) is 6.60. The lowest BCUT2D eigenvalue weighted by atomic mass is 10.0. The molecule has 1 aliphatic heterocycles. The van der Waals surface area contributed by atoms with Gasteiger partial charge in [-0.3, -0.25) is 0 Å². The van der Waals surface area contributed by atoms with E-state index in [-0.39, 0.29) is 12.1 Å². The Labute approximate surface area is 133 Å². The maximum absolute atomic E-state index is 11.0. The zero-order valence-electron chi connectivity index (χ0n) is 12.4. The van der Waals surface area contributed by atoms with Crippen molar-refractivity contribution in [2.75, 3.05) is 6.61 Å². The molecule has 2 aromatic rings. The minimum absolute atomic E-state index is 0.0673. The number of fused-ring (bicyclic) bond motifs is 1. The Morgan fingerprint density at radius 1 is 1.50 bits per heavy atom. The molecule has 0 fully saturated rings. The molecule has 2 N–H and O–H groups in total. The topological polar surface area (TPSA) is 58.6 Å². The van der Waals surface area contributed by atoms with E-state index in [2.05, 4.69) is 23.7 Å². The summed E-state index contributed by atoms with van der Waals surface area (Å²) in [5.74, 6) is -0.895. The van der Waals surface area contributed by atoms with Gasteiger partial charge in [-0.2, -0.15) is 0 Å². The first kappa shape index (κ1) is 15.2. The number of thiophene rings is 1. The van der Waals surface area contributed by atoms with Gasteiger partial charge >= 0.3 is 5.97 Å². The van der Waals surface area contributed by atoms with Gasteiger partial charge in [-0.15, -0.1) is 11.3 Å². The van der Waals surface area contributed by atoms with E-state index in [1.807, 2.05) is 6.07 Å². The van der Waals surface area contributed by atoms with E-state index < -0.39 is 5.97 Å². The van der Waals surface area contributed by atoms with Crippen molar-refractivity contribution in [2.45, 2.75) is 32.0 Å². The van der Waals surface area contributed by atoms with Crippen LogP contribution in [0.3, 0.4) is 0 Å². The number of hydrogen-bond donors (Lipinski definition) is 2.